The predicted octanol–water partition coefficient (Wildman–Crippen LogP) is 3.40. The van der Waals surface area contributed by atoms with E-state index in [1.807, 2.05) is 13.0 Å². The summed E-state index contributed by atoms with van der Waals surface area (Å²) in [6.45, 7) is 2.62. The molecule has 0 saturated heterocycles. The molecule has 2 rings (SSSR count). The lowest BCUT2D eigenvalue weighted by atomic mass is 10.1. The molecule has 4 N–H and O–H groups in total. The highest BCUT2D eigenvalue weighted by molar-refractivity contribution is 6.35. The number of aliphatic imine (C=N–C) groups is 1. The van der Waals surface area contributed by atoms with E-state index in [0.29, 0.717) is 34.4 Å². The van der Waals surface area contributed by atoms with Gasteiger partial charge in [-0.3, -0.25) is 9.79 Å². The van der Waals surface area contributed by atoms with Gasteiger partial charge in [0.2, 0.25) is 0 Å². The molecule has 144 valence electrons. The number of carbonyl (C=O) groups is 1. The van der Waals surface area contributed by atoms with E-state index in [2.05, 4.69) is 15.6 Å². The summed E-state index contributed by atoms with van der Waals surface area (Å²) < 4.78 is 5.11. The summed E-state index contributed by atoms with van der Waals surface area (Å²) in [6.07, 6.45) is 0. The van der Waals surface area contributed by atoms with Crippen LogP contribution in [0, 0.1) is 0 Å². The van der Waals surface area contributed by atoms with E-state index in [-0.39, 0.29) is 17.9 Å². The second kappa shape index (κ2) is 10.0. The van der Waals surface area contributed by atoms with Gasteiger partial charge in [0.05, 0.1) is 19.7 Å². The van der Waals surface area contributed by atoms with Gasteiger partial charge in [0.1, 0.15) is 5.75 Å². The minimum Gasteiger partial charge on any atom is -0.497 e. The number of hydrogen-bond donors (Lipinski definition) is 3. The molecule has 27 heavy (non-hydrogen) atoms. The van der Waals surface area contributed by atoms with Crippen molar-refractivity contribution in [2.75, 3.05) is 20.2 Å². The quantitative estimate of drug-likeness (QED) is 0.372. The van der Waals surface area contributed by atoms with Crippen molar-refractivity contribution in [3.63, 3.8) is 0 Å². The molecule has 6 nitrogen and oxygen atoms in total. The molecule has 0 saturated carbocycles. The molecule has 0 heterocycles. The highest BCUT2D eigenvalue weighted by atomic mass is 35.5. The number of nitrogens with zero attached hydrogens (tertiary/aromatic N) is 1. The number of nitrogens with two attached hydrogens (primary N) is 1. The smallest absolute Gasteiger partial charge is 0.251 e. The maximum Gasteiger partial charge on any atom is 0.251 e. The number of amides is 1. The van der Waals surface area contributed by atoms with E-state index >= 15 is 0 Å². The SMILES string of the molecule is COc1cccc(C(=O)NCCN=C(N)NC(C)c2ccc(Cl)cc2Cl)c1. The summed E-state index contributed by atoms with van der Waals surface area (Å²) in [7, 11) is 1.56. The van der Waals surface area contributed by atoms with Crippen molar-refractivity contribution < 1.29 is 9.53 Å². The first kappa shape index (κ1) is 20.9. The summed E-state index contributed by atoms with van der Waals surface area (Å²) in [5.74, 6) is 0.699. The van der Waals surface area contributed by atoms with Crippen LogP contribution in [0.3, 0.4) is 0 Å². The predicted molar refractivity (Wildman–Crippen MR) is 110 cm³/mol. The van der Waals surface area contributed by atoms with Crippen molar-refractivity contribution in [2.24, 2.45) is 10.7 Å². The van der Waals surface area contributed by atoms with Crippen LogP contribution >= 0.6 is 23.2 Å². The molecule has 0 aliphatic carbocycles. The maximum atomic E-state index is 12.1. The second-order valence-corrected chi connectivity index (χ2v) is 6.63. The molecule has 1 amide bonds. The third kappa shape index (κ3) is 6.34. The van der Waals surface area contributed by atoms with Gasteiger partial charge in [-0.2, -0.15) is 0 Å². The summed E-state index contributed by atoms with van der Waals surface area (Å²) >= 11 is 12.1. The zero-order valence-corrected chi connectivity index (χ0v) is 16.6. The van der Waals surface area contributed by atoms with Crippen LogP contribution in [0.15, 0.2) is 47.5 Å². The molecule has 1 unspecified atom stereocenters. The van der Waals surface area contributed by atoms with E-state index in [1.54, 1.807) is 43.5 Å². The maximum absolute atomic E-state index is 12.1. The van der Waals surface area contributed by atoms with E-state index < -0.39 is 0 Å². The first-order chi connectivity index (χ1) is 12.9. The van der Waals surface area contributed by atoms with Crippen molar-refractivity contribution in [1.29, 1.82) is 0 Å². The molecule has 0 aliphatic rings. The van der Waals surface area contributed by atoms with Crippen molar-refractivity contribution in [2.45, 2.75) is 13.0 Å². The molecule has 0 aliphatic heterocycles. The molecular formula is C19H22Cl2N4O2. The van der Waals surface area contributed by atoms with Crippen LogP contribution in [0.4, 0.5) is 0 Å². The fraction of sp³-hybridized carbons (Fsp3) is 0.263. The molecule has 2 aromatic rings. The summed E-state index contributed by atoms with van der Waals surface area (Å²) in [5.41, 5.74) is 7.29. The number of hydrogen-bond acceptors (Lipinski definition) is 3. The van der Waals surface area contributed by atoms with E-state index in [1.165, 1.54) is 0 Å². The zero-order chi connectivity index (χ0) is 19.8. The Kier molecular flexibility index (Phi) is 7.76. The second-order valence-electron chi connectivity index (χ2n) is 5.79. The van der Waals surface area contributed by atoms with Crippen LogP contribution in [0.5, 0.6) is 5.75 Å². The van der Waals surface area contributed by atoms with Crippen LogP contribution in [0.1, 0.15) is 28.9 Å². The topological polar surface area (TPSA) is 88.7 Å². The van der Waals surface area contributed by atoms with Crippen molar-refractivity contribution in [3.8, 4) is 5.75 Å². The molecule has 2 aromatic carbocycles. The average Bonchev–Trinajstić information content (AvgIpc) is 2.64. The van der Waals surface area contributed by atoms with Crippen LogP contribution in [0.25, 0.3) is 0 Å². The van der Waals surface area contributed by atoms with Crippen LogP contribution in [0.2, 0.25) is 10.0 Å². The fourth-order valence-electron chi connectivity index (χ4n) is 2.41. The van der Waals surface area contributed by atoms with Gasteiger partial charge in [-0.1, -0.05) is 35.3 Å². The van der Waals surface area contributed by atoms with Crippen LogP contribution in [-0.4, -0.2) is 32.1 Å². The number of carbonyl (C=O) groups excluding carboxylic acids is 1. The van der Waals surface area contributed by atoms with Gasteiger partial charge in [-0.25, -0.2) is 0 Å². The third-order valence-electron chi connectivity index (χ3n) is 3.80. The molecule has 0 radical (unpaired) electrons. The number of guanidine groups is 1. The Labute approximate surface area is 168 Å². The molecule has 0 aromatic heterocycles. The Morgan fingerprint density at radius 1 is 1.26 bits per heavy atom. The normalized spacial score (nSPS) is 12.4. The van der Waals surface area contributed by atoms with Gasteiger partial charge in [0, 0.05) is 22.2 Å². The van der Waals surface area contributed by atoms with Gasteiger partial charge < -0.3 is 21.1 Å². The Morgan fingerprint density at radius 3 is 2.74 bits per heavy atom. The minimum absolute atomic E-state index is 0.134. The summed E-state index contributed by atoms with van der Waals surface area (Å²) in [4.78, 5) is 16.3. The highest BCUT2D eigenvalue weighted by Crippen LogP contribution is 2.25. The van der Waals surface area contributed by atoms with Crippen molar-refractivity contribution >= 4 is 35.1 Å². The summed E-state index contributed by atoms with van der Waals surface area (Å²) in [6, 6.07) is 12.1. The van der Waals surface area contributed by atoms with Gasteiger partial charge >= 0.3 is 0 Å². The molecule has 8 heteroatoms. The number of benzene rings is 2. The van der Waals surface area contributed by atoms with Gasteiger partial charge in [-0.15, -0.1) is 0 Å². The molecule has 0 bridgehead atoms. The summed E-state index contributed by atoms with van der Waals surface area (Å²) in [5, 5.41) is 6.98. The standard InChI is InChI=1S/C19H22Cl2N4O2/c1-12(16-7-6-14(20)11-17(16)21)25-19(22)24-9-8-23-18(26)13-4-3-5-15(10-13)27-2/h3-7,10-12H,8-9H2,1-2H3,(H,23,26)(H3,22,24,25). The first-order valence-corrected chi connectivity index (χ1v) is 9.10. The molecule has 0 fully saturated rings. The van der Waals surface area contributed by atoms with Crippen molar-refractivity contribution in [3.05, 3.63) is 63.6 Å². The van der Waals surface area contributed by atoms with E-state index in [4.69, 9.17) is 33.7 Å². The fourth-order valence-corrected chi connectivity index (χ4v) is 2.98. The van der Waals surface area contributed by atoms with Gasteiger partial charge in [0.15, 0.2) is 5.96 Å². The number of ether oxygens (including phenoxy) is 1. The lowest BCUT2D eigenvalue weighted by Crippen LogP contribution is -2.35. The minimum atomic E-state index is -0.197. The van der Waals surface area contributed by atoms with Crippen molar-refractivity contribution in [1.82, 2.24) is 10.6 Å². The largest absolute Gasteiger partial charge is 0.497 e. The Balaban J connectivity index is 1.82. The Morgan fingerprint density at radius 2 is 2.04 bits per heavy atom. The molecule has 0 spiro atoms. The number of methoxy groups -OCH3 is 1. The van der Waals surface area contributed by atoms with E-state index in [0.717, 1.165) is 5.56 Å². The third-order valence-corrected chi connectivity index (χ3v) is 4.37. The van der Waals surface area contributed by atoms with Gasteiger partial charge in [-0.05, 0) is 42.8 Å². The monoisotopic (exact) mass is 408 g/mol. The average molecular weight is 409 g/mol. The van der Waals surface area contributed by atoms with Crippen LogP contribution in [-0.2, 0) is 0 Å². The van der Waals surface area contributed by atoms with E-state index in [9.17, 15) is 4.79 Å². The number of nitrogens with one attached hydrogen (secondary N) is 2. The Hall–Kier alpha value is -2.44. The Bertz CT molecular complexity index is 827. The first-order valence-electron chi connectivity index (χ1n) is 8.34. The lowest BCUT2D eigenvalue weighted by molar-refractivity contribution is 0.0954. The lowest BCUT2D eigenvalue weighted by Gasteiger charge is -2.16. The molecule has 1 atom stereocenters. The number of halogens is 2. The highest BCUT2D eigenvalue weighted by Gasteiger charge is 2.10. The van der Waals surface area contributed by atoms with Crippen LogP contribution < -0.4 is 21.1 Å². The molecular weight excluding hydrogens is 387 g/mol. The van der Waals surface area contributed by atoms with Gasteiger partial charge in [0.25, 0.3) is 5.91 Å². The zero-order valence-electron chi connectivity index (χ0n) is 15.1. The number of rotatable bonds is 7.